The maximum atomic E-state index is 5.36. The van der Waals surface area contributed by atoms with Crippen molar-refractivity contribution in [3.8, 4) is 0 Å². The van der Waals surface area contributed by atoms with Crippen molar-refractivity contribution in [2.75, 3.05) is 26.2 Å². The average molecular weight is 186 g/mol. The Kier molecular flexibility index (Phi) is 3.79. The van der Waals surface area contributed by atoms with E-state index in [1.165, 1.54) is 12.8 Å². The van der Waals surface area contributed by atoms with Gasteiger partial charge in [0.15, 0.2) is 5.11 Å². The van der Waals surface area contributed by atoms with Crippen LogP contribution in [-0.4, -0.2) is 41.1 Å². The van der Waals surface area contributed by atoms with E-state index in [0.717, 1.165) is 31.3 Å². The van der Waals surface area contributed by atoms with Crippen molar-refractivity contribution in [3.05, 3.63) is 0 Å². The lowest BCUT2D eigenvalue weighted by atomic mass is 10.3. The van der Waals surface area contributed by atoms with Crippen molar-refractivity contribution in [2.24, 2.45) is 0 Å². The highest BCUT2D eigenvalue weighted by molar-refractivity contribution is 7.80. The van der Waals surface area contributed by atoms with Crippen LogP contribution in [0, 0.1) is 0 Å². The summed E-state index contributed by atoms with van der Waals surface area (Å²) < 4.78 is 0. The fourth-order valence-corrected chi connectivity index (χ4v) is 2.02. The maximum absolute atomic E-state index is 5.36. The monoisotopic (exact) mass is 186 g/mol. The molecule has 1 heterocycles. The second-order valence-corrected chi connectivity index (χ2v) is 3.57. The van der Waals surface area contributed by atoms with Crippen LogP contribution in [0.15, 0.2) is 0 Å². The third-order valence-corrected chi connectivity index (χ3v) is 2.79. The highest BCUT2D eigenvalue weighted by Crippen LogP contribution is 2.09. The fraction of sp³-hybridized carbons (Fsp3) is 0.889. The number of hydrogen-bond acceptors (Lipinski definition) is 1. The summed E-state index contributed by atoms with van der Waals surface area (Å²) in [5.74, 6) is 0. The summed E-state index contributed by atoms with van der Waals surface area (Å²) in [5.41, 5.74) is 0. The van der Waals surface area contributed by atoms with Crippen LogP contribution in [0.3, 0.4) is 0 Å². The Morgan fingerprint density at radius 2 is 1.92 bits per heavy atom. The second-order valence-electron chi connectivity index (χ2n) is 3.20. The molecule has 0 unspecified atom stereocenters. The van der Waals surface area contributed by atoms with Crippen LogP contribution < -0.4 is 0 Å². The van der Waals surface area contributed by atoms with E-state index >= 15 is 0 Å². The van der Waals surface area contributed by atoms with E-state index < -0.39 is 0 Å². The Labute approximate surface area is 80.5 Å². The predicted octanol–water partition coefficient (Wildman–Crippen LogP) is 1.71. The van der Waals surface area contributed by atoms with Gasteiger partial charge < -0.3 is 9.80 Å². The minimum Gasteiger partial charge on any atom is -0.349 e. The number of hydrogen-bond donors (Lipinski definition) is 0. The molecule has 0 spiro atoms. The molecular formula is C9H18N2S. The van der Waals surface area contributed by atoms with Crippen LogP contribution in [0.1, 0.15) is 26.7 Å². The number of rotatable bonds is 3. The van der Waals surface area contributed by atoms with Crippen molar-refractivity contribution < 1.29 is 0 Å². The van der Waals surface area contributed by atoms with E-state index in [2.05, 4.69) is 23.6 Å². The van der Waals surface area contributed by atoms with Crippen LogP contribution in [0.4, 0.5) is 0 Å². The number of thiocarbonyl (C=S) groups is 1. The van der Waals surface area contributed by atoms with Gasteiger partial charge in [-0.25, -0.2) is 0 Å². The van der Waals surface area contributed by atoms with Gasteiger partial charge in [-0.3, -0.25) is 0 Å². The zero-order valence-electron chi connectivity index (χ0n) is 8.05. The van der Waals surface area contributed by atoms with Crippen molar-refractivity contribution in [1.29, 1.82) is 0 Å². The van der Waals surface area contributed by atoms with Gasteiger partial charge in [-0.05, 0) is 32.0 Å². The van der Waals surface area contributed by atoms with Gasteiger partial charge in [0.05, 0.1) is 0 Å². The molecule has 0 aliphatic carbocycles. The lowest BCUT2D eigenvalue weighted by Crippen LogP contribution is -2.49. The summed E-state index contributed by atoms with van der Waals surface area (Å²) in [4.78, 5) is 4.61. The third-order valence-electron chi connectivity index (χ3n) is 2.27. The molecule has 0 atom stereocenters. The van der Waals surface area contributed by atoms with Crippen molar-refractivity contribution in [1.82, 2.24) is 9.80 Å². The Bertz CT molecular complexity index is 157. The first-order valence-corrected chi connectivity index (χ1v) is 5.24. The van der Waals surface area contributed by atoms with E-state index in [9.17, 15) is 0 Å². The molecule has 12 heavy (non-hydrogen) atoms. The predicted molar refractivity (Wildman–Crippen MR) is 56.3 cm³/mol. The van der Waals surface area contributed by atoms with Crippen LogP contribution in [0.25, 0.3) is 0 Å². The van der Waals surface area contributed by atoms with Crippen LogP contribution >= 0.6 is 12.2 Å². The Morgan fingerprint density at radius 3 is 2.50 bits per heavy atom. The average Bonchev–Trinajstić information content (AvgIpc) is 2.09. The highest BCUT2D eigenvalue weighted by Gasteiger charge is 2.19. The van der Waals surface area contributed by atoms with Gasteiger partial charge in [0.25, 0.3) is 0 Å². The van der Waals surface area contributed by atoms with Gasteiger partial charge in [0.1, 0.15) is 0 Å². The molecule has 0 N–H and O–H groups in total. The second kappa shape index (κ2) is 4.65. The number of nitrogens with zero attached hydrogens (tertiary/aromatic N) is 2. The molecule has 1 aliphatic rings. The Hall–Kier alpha value is -0.310. The van der Waals surface area contributed by atoms with Gasteiger partial charge >= 0.3 is 0 Å². The molecule has 0 saturated carbocycles. The lowest BCUT2D eigenvalue weighted by Gasteiger charge is -2.37. The topological polar surface area (TPSA) is 6.48 Å². The van der Waals surface area contributed by atoms with Crippen molar-refractivity contribution >= 4 is 17.3 Å². The summed E-state index contributed by atoms with van der Waals surface area (Å²) in [6.07, 6.45) is 2.45. The third kappa shape index (κ3) is 2.09. The SMILES string of the molecule is CCCN1CCCN(CC)C1=S. The van der Waals surface area contributed by atoms with E-state index in [1.807, 2.05) is 0 Å². The zero-order valence-corrected chi connectivity index (χ0v) is 8.86. The molecule has 0 bridgehead atoms. The molecule has 1 saturated heterocycles. The van der Waals surface area contributed by atoms with Gasteiger partial charge in [-0.1, -0.05) is 6.92 Å². The molecule has 0 aromatic carbocycles. The molecule has 70 valence electrons. The van der Waals surface area contributed by atoms with Crippen LogP contribution in [-0.2, 0) is 0 Å². The first kappa shape index (κ1) is 9.78. The molecule has 1 fully saturated rings. The maximum Gasteiger partial charge on any atom is 0.171 e. The molecule has 0 amide bonds. The smallest absolute Gasteiger partial charge is 0.171 e. The summed E-state index contributed by atoms with van der Waals surface area (Å²) in [5, 5.41) is 1.06. The van der Waals surface area contributed by atoms with Crippen molar-refractivity contribution in [2.45, 2.75) is 26.7 Å². The van der Waals surface area contributed by atoms with E-state index in [-0.39, 0.29) is 0 Å². The van der Waals surface area contributed by atoms with E-state index in [0.29, 0.717) is 0 Å². The normalized spacial score (nSPS) is 18.7. The zero-order chi connectivity index (χ0) is 8.97. The highest BCUT2D eigenvalue weighted by atomic mass is 32.1. The van der Waals surface area contributed by atoms with Crippen LogP contribution in [0.2, 0.25) is 0 Å². The molecular weight excluding hydrogens is 168 g/mol. The van der Waals surface area contributed by atoms with Crippen molar-refractivity contribution in [3.63, 3.8) is 0 Å². The molecule has 1 rings (SSSR count). The first-order chi connectivity index (χ1) is 5.79. The Morgan fingerprint density at radius 1 is 1.25 bits per heavy atom. The van der Waals surface area contributed by atoms with E-state index in [4.69, 9.17) is 12.2 Å². The molecule has 3 heteroatoms. The standard InChI is InChI=1S/C9H18N2S/c1-3-6-11-8-5-7-10(4-2)9(11)12/h3-8H2,1-2H3. The first-order valence-electron chi connectivity index (χ1n) is 4.83. The lowest BCUT2D eigenvalue weighted by molar-refractivity contribution is 0.273. The fourth-order valence-electron chi connectivity index (χ4n) is 1.61. The minimum atomic E-state index is 1.05. The molecule has 1 aliphatic heterocycles. The quantitative estimate of drug-likeness (QED) is 0.620. The van der Waals surface area contributed by atoms with E-state index in [1.54, 1.807) is 0 Å². The van der Waals surface area contributed by atoms with Gasteiger partial charge in [0.2, 0.25) is 0 Å². The van der Waals surface area contributed by atoms with Gasteiger partial charge in [-0.2, -0.15) is 0 Å². The summed E-state index contributed by atoms with van der Waals surface area (Å²) in [7, 11) is 0. The van der Waals surface area contributed by atoms with Gasteiger partial charge in [-0.15, -0.1) is 0 Å². The summed E-state index contributed by atoms with van der Waals surface area (Å²) in [6, 6.07) is 0. The molecule has 0 aromatic heterocycles. The summed E-state index contributed by atoms with van der Waals surface area (Å²) in [6.45, 7) is 8.85. The molecule has 2 nitrogen and oxygen atoms in total. The largest absolute Gasteiger partial charge is 0.349 e. The molecule has 0 aromatic rings. The minimum absolute atomic E-state index is 1.05. The molecule has 0 radical (unpaired) electrons. The van der Waals surface area contributed by atoms with Gasteiger partial charge in [0, 0.05) is 26.2 Å². The van der Waals surface area contributed by atoms with Crippen LogP contribution in [0.5, 0.6) is 0 Å². The summed E-state index contributed by atoms with van der Waals surface area (Å²) >= 11 is 5.36. The Balaban J connectivity index is 2.47.